The van der Waals surface area contributed by atoms with Crippen LogP contribution < -0.4 is 20.7 Å². The average molecular weight is 418 g/mol. The molecular weight excluding hydrogens is 390 g/mol. The number of nitrogens with two attached hydrogens (primary N) is 1. The standard InChI is InChI=1S/C23H27N7O/c1-29(2)13-14-30(3)18-9-7-17(8-10-18)26-23-27-21-20(11-12-25-21)22(28-23)31-19-6-4-5-16(24)15-19/h4-12,15H,13-14,24H2,1-3H3,(H2,25,26,27,28). The van der Waals surface area contributed by atoms with Crippen LogP contribution in [0.2, 0.25) is 0 Å². The predicted molar refractivity (Wildman–Crippen MR) is 126 cm³/mol. The van der Waals surface area contributed by atoms with Crippen LogP contribution in [0.4, 0.5) is 23.0 Å². The molecule has 0 aliphatic carbocycles. The third-order valence-electron chi connectivity index (χ3n) is 4.90. The number of hydrogen-bond acceptors (Lipinski definition) is 7. The minimum absolute atomic E-state index is 0.447. The van der Waals surface area contributed by atoms with Crippen molar-refractivity contribution in [1.29, 1.82) is 0 Å². The van der Waals surface area contributed by atoms with Crippen LogP contribution >= 0.6 is 0 Å². The summed E-state index contributed by atoms with van der Waals surface area (Å²) in [5.41, 5.74) is 9.23. The number of H-pyrrole nitrogens is 1. The summed E-state index contributed by atoms with van der Waals surface area (Å²) in [6.45, 7) is 1.95. The molecule has 0 bridgehead atoms. The predicted octanol–water partition coefficient (Wildman–Crippen LogP) is 4.07. The lowest BCUT2D eigenvalue weighted by molar-refractivity contribution is 0.416. The molecule has 160 valence electrons. The molecule has 4 N–H and O–H groups in total. The minimum Gasteiger partial charge on any atom is -0.438 e. The van der Waals surface area contributed by atoms with Crippen molar-refractivity contribution in [2.45, 2.75) is 0 Å². The number of aromatic nitrogens is 3. The van der Waals surface area contributed by atoms with Gasteiger partial charge in [0.25, 0.3) is 0 Å². The quantitative estimate of drug-likeness (QED) is 0.372. The van der Waals surface area contributed by atoms with Gasteiger partial charge in [-0.3, -0.25) is 0 Å². The van der Waals surface area contributed by atoms with E-state index < -0.39 is 0 Å². The van der Waals surface area contributed by atoms with E-state index in [0.29, 0.717) is 28.9 Å². The first kappa shape index (κ1) is 20.5. The molecule has 0 atom stereocenters. The molecule has 0 radical (unpaired) electrons. The summed E-state index contributed by atoms with van der Waals surface area (Å²) < 4.78 is 6.00. The van der Waals surface area contributed by atoms with Crippen LogP contribution in [0.3, 0.4) is 0 Å². The second-order valence-corrected chi connectivity index (χ2v) is 7.66. The summed E-state index contributed by atoms with van der Waals surface area (Å²) in [7, 11) is 6.24. The maximum atomic E-state index is 6.00. The van der Waals surface area contributed by atoms with Crippen molar-refractivity contribution in [3.63, 3.8) is 0 Å². The van der Waals surface area contributed by atoms with E-state index in [-0.39, 0.29) is 0 Å². The molecule has 0 saturated carbocycles. The smallest absolute Gasteiger partial charge is 0.233 e. The largest absolute Gasteiger partial charge is 0.438 e. The fraction of sp³-hybridized carbons (Fsp3) is 0.217. The summed E-state index contributed by atoms with van der Waals surface area (Å²) in [5.74, 6) is 1.53. The second-order valence-electron chi connectivity index (χ2n) is 7.66. The van der Waals surface area contributed by atoms with Gasteiger partial charge in [-0.1, -0.05) is 6.07 Å². The normalized spacial score (nSPS) is 11.1. The third-order valence-corrected chi connectivity index (χ3v) is 4.90. The maximum Gasteiger partial charge on any atom is 0.233 e. The van der Waals surface area contributed by atoms with Crippen LogP contribution in [0.1, 0.15) is 0 Å². The van der Waals surface area contributed by atoms with Crippen LogP contribution in [0, 0.1) is 0 Å². The lowest BCUT2D eigenvalue weighted by Gasteiger charge is -2.21. The molecule has 2 heterocycles. The van der Waals surface area contributed by atoms with E-state index in [1.807, 2.05) is 42.6 Å². The summed E-state index contributed by atoms with van der Waals surface area (Å²) in [6.07, 6.45) is 1.81. The van der Waals surface area contributed by atoms with E-state index in [1.54, 1.807) is 6.07 Å². The fourth-order valence-electron chi connectivity index (χ4n) is 3.14. The Morgan fingerprint density at radius 1 is 1.00 bits per heavy atom. The Labute approximate surface area is 181 Å². The van der Waals surface area contributed by atoms with E-state index in [4.69, 9.17) is 10.5 Å². The lowest BCUT2D eigenvalue weighted by Crippen LogP contribution is -2.28. The van der Waals surface area contributed by atoms with Gasteiger partial charge in [0.05, 0.1) is 5.39 Å². The topological polar surface area (TPSA) is 95.3 Å². The number of rotatable bonds is 8. The van der Waals surface area contributed by atoms with Gasteiger partial charge < -0.3 is 30.6 Å². The Bertz CT molecular complexity index is 1150. The first-order valence-corrected chi connectivity index (χ1v) is 10.1. The van der Waals surface area contributed by atoms with Gasteiger partial charge in [-0.05, 0) is 56.6 Å². The molecule has 2 aromatic heterocycles. The highest BCUT2D eigenvalue weighted by Crippen LogP contribution is 2.30. The van der Waals surface area contributed by atoms with E-state index in [2.05, 4.69) is 63.3 Å². The molecule has 31 heavy (non-hydrogen) atoms. The third kappa shape index (κ3) is 5.04. The lowest BCUT2D eigenvalue weighted by atomic mass is 10.2. The van der Waals surface area contributed by atoms with Crippen molar-refractivity contribution in [2.24, 2.45) is 0 Å². The van der Waals surface area contributed by atoms with Gasteiger partial charge in [0, 0.05) is 49.5 Å². The van der Waals surface area contributed by atoms with E-state index in [1.165, 1.54) is 0 Å². The molecule has 2 aromatic carbocycles. The molecule has 0 aliphatic heterocycles. The van der Waals surface area contributed by atoms with Crippen LogP contribution in [0.5, 0.6) is 11.6 Å². The molecule has 0 fully saturated rings. The number of benzene rings is 2. The molecule has 4 rings (SSSR count). The SMILES string of the molecule is CN(C)CCN(C)c1ccc(Nc2nc(Oc3cccc(N)c3)c3cc[nH]c3n2)cc1. The number of ether oxygens (including phenoxy) is 1. The van der Waals surface area contributed by atoms with Gasteiger partial charge in [0.15, 0.2) is 0 Å². The first-order chi connectivity index (χ1) is 15.0. The van der Waals surface area contributed by atoms with Crippen molar-refractivity contribution in [3.8, 4) is 11.6 Å². The number of nitrogens with zero attached hydrogens (tertiary/aromatic N) is 4. The summed E-state index contributed by atoms with van der Waals surface area (Å²) in [4.78, 5) is 16.7. The van der Waals surface area contributed by atoms with Gasteiger partial charge in [-0.15, -0.1) is 0 Å². The van der Waals surface area contributed by atoms with Crippen LogP contribution in [0.15, 0.2) is 60.8 Å². The van der Waals surface area contributed by atoms with Crippen molar-refractivity contribution >= 4 is 34.0 Å². The monoisotopic (exact) mass is 417 g/mol. The second kappa shape index (κ2) is 8.93. The molecule has 0 amide bonds. The van der Waals surface area contributed by atoms with Gasteiger partial charge in [-0.25, -0.2) is 0 Å². The van der Waals surface area contributed by atoms with E-state index >= 15 is 0 Å². The van der Waals surface area contributed by atoms with Gasteiger partial charge in [0.2, 0.25) is 11.8 Å². The highest BCUT2D eigenvalue weighted by atomic mass is 16.5. The Morgan fingerprint density at radius 3 is 2.55 bits per heavy atom. The molecule has 0 aliphatic rings. The van der Waals surface area contributed by atoms with Gasteiger partial charge >= 0.3 is 0 Å². The number of anilines is 4. The Morgan fingerprint density at radius 2 is 1.81 bits per heavy atom. The highest BCUT2D eigenvalue weighted by molar-refractivity contribution is 5.82. The van der Waals surface area contributed by atoms with Crippen LogP contribution in [-0.2, 0) is 0 Å². The molecule has 0 saturated heterocycles. The van der Waals surface area contributed by atoms with Crippen LogP contribution in [-0.4, -0.2) is 54.1 Å². The molecule has 8 nitrogen and oxygen atoms in total. The van der Waals surface area contributed by atoms with Crippen LogP contribution in [0.25, 0.3) is 11.0 Å². The minimum atomic E-state index is 0.447. The van der Waals surface area contributed by atoms with Gasteiger partial charge in [0.1, 0.15) is 11.4 Å². The number of likely N-dealkylation sites (N-methyl/N-ethyl adjacent to an activating group) is 2. The fourth-order valence-corrected chi connectivity index (χ4v) is 3.14. The summed E-state index contributed by atoms with van der Waals surface area (Å²) in [6, 6.07) is 17.3. The number of aromatic amines is 1. The molecular formula is C23H27N7O. The van der Waals surface area contributed by atoms with E-state index in [0.717, 1.165) is 29.9 Å². The zero-order valence-electron chi connectivity index (χ0n) is 18.0. The number of nitrogens with one attached hydrogen (secondary N) is 2. The number of hydrogen-bond donors (Lipinski definition) is 3. The zero-order chi connectivity index (χ0) is 21.8. The van der Waals surface area contributed by atoms with Gasteiger partial charge in [-0.2, -0.15) is 9.97 Å². The van der Waals surface area contributed by atoms with Crippen molar-refractivity contribution in [3.05, 3.63) is 60.8 Å². The number of nitrogen functional groups attached to an aromatic ring is 1. The van der Waals surface area contributed by atoms with E-state index in [9.17, 15) is 0 Å². The van der Waals surface area contributed by atoms with Crippen molar-refractivity contribution in [2.75, 3.05) is 50.2 Å². The van der Waals surface area contributed by atoms with Crippen molar-refractivity contribution < 1.29 is 4.74 Å². The zero-order valence-corrected chi connectivity index (χ0v) is 18.0. The molecule has 0 unspecified atom stereocenters. The summed E-state index contributed by atoms with van der Waals surface area (Å²) >= 11 is 0. The molecule has 0 spiro atoms. The number of fused-ring (bicyclic) bond motifs is 1. The first-order valence-electron chi connectivity index (χ1n) is 10.1. The maximum absolute atomic E-state index is 6.00. The average Bonchev–Trinajstić information content (AvgIpc) is 3.21. The Hall–Kier alpha value is -3.78. The molecule has 4 aromatic rings. The Balaban J connectivity index is 1.53. The summed E-state index contributed by atoms with van der Waals surface area (Å²) in [5, 5.41) is 4.06. The highest BCUT2D eigenvalue weighted by Gasteiger charge is 2.12. The Kier molecular flexibility index (Phi) is 5.90. The molecule has 8 heteroatoms. The van der Waals surface area contributed by atoms with Crippen molar-refractivity contribution in [1.82, 2.24) is 19.9 Å².